The molecule has 0 fully saturated rings. The van der Waals surface area contributed by atoms with E-state index in [0.29, 0.717) is 5.69 Å². The van der Waals surface area contributed by atoms with E-state index in [1.165, 1.54) is 6.26 Å². The first kappa shape index (κ1) is 5.94. The zero-order chi connectivity index (χ0) is 6.85. The lowest BCUT2D eigenvalue weighted by molar-refractivity contribution is 0.359. The minimum Gasteiger partial charge on any atom is -0.490 e. The lowest BCUT2D eigenvalue weighted by Gasteiger charge is -2.06. The van der Waals surface area contributed by atoms with Gasteiger partial charge in [0.15, 0.2) is 6.26 Å². The summed E-state index contributed by atoms with van der Waals surface area (Å²) in [6.07, 6.45) is 1.38. The monoisotopic (exact) mass is 128 g/mol. The number of aromatic hydroxyl groups is 1. The van der Waals surface area contributed by atoms with E-state index in [0.717, 1.165) is 0 Å². The van der Waals surface area contributed by atoms with Crippen LogP contribution < -0.4 is 4.90 Å². The average molecular weight is 128 g/mol. The zero-order valence-corrected chi connectivity index (χ0v) is 5.33. The zero-order valence-electron chi connectivity index (χ0n) is 5.33. The number of rotatable bonds is 1. The Kier molecular flexibility index (Phi) is 1.30. The normalized spacial score (nSPS) is 9.56. The van der Waals surface area contributed by atoms with Crippen LogP contribution in [-0.4, -0.2) is 24.4 Å². The van der Waals surface area contributed by atoms with Crippen molar-refractivity contribution in [2.45, 2.75) is 0 Å². The van der Waals surface area contributed by atoms with Crippen LogP contribution in [0.4, 0.5) is 5.69 Å². The van der Waals surface area contributed by atoms with Crippen molar-refractivity contribution in [3.63, 3.8) is 0 Å². The highest BCUT2D eigenvalue weighted by Gasteiger charge is 2.05. The highest BCUT2D eigenvalue weighted by molar-refractivity contribution is 5.49. The van der Waals surface area contributed by atoms with E-state index in [1.807, 2.05) is 0 Å². The van der Waals surface area contributed by atoms with Crippen LogP contribution >= 0.6 is 0 Å². The number of nitrogens with zero attached hydrogens (tertiary/aromatic N) is 2. The van der Waals surface area contributed by atoms with Gasteiger partial charge in [-0.25, -0.2) is 0 Å². The Morgan fingerprint density at radius 2 is 2.33 bits per heavy atom. The van der Waals surface area contributed by atoms with Gasteiger partial charge in [0.2, 0.25) is 0 Å². The summed E-state index contributed by atoms with van der Waals surface area (Å²) < 4.78 is 4.46. The molecule has 4 heteroatoms. The van der Waals surface area contributed by atoms with E-state index in [9.17, 15) is 0 Å². The van der Waals surface area contributed by atoms with Crippen molar-refractivity contribution in [3.8, 4) is 5.88 Å². The molecule has 0 radical (unpaired) electrons. The standard InChI is InChI=1S/C5H8N2O2/c1-7(2)4-3-9-6-5(4)8/h3H,1-2H3,(H,6,8). The number of aromatic nitrogens is 1. The van der Waals surface area contributed by atoms with Gasteiger partial charge < -0.3 is 14.5 Å². The Morgan fingerprint density at radius 1 is 1.67 bits per heavy atom. The first-order valence-electron chi connectivity index (χ1n) is 2.52. The lowest BCUT2D eigenvalue weighted by Crippen LogP contribution is -2.07. The van der Waals surface area contributed by atoms with Crippen molar-refractivity contribution in [1.82, 2.24) is 5.16 Å². The molecule has 0 aliphatic carbocycles. The van der Waals surface area contributed by atoms with Crippen molar-refractivity contribution in [2.75, 3.05) is 19.0 Å². The summed E-state index contributed by atoms with van der Waals surface area (Å²) in [5.41, 5.74) is 0.593. The fourth-order valence-corrected chi connectivity index (χ4v) is 0.531. The minimum absolute atomic E-state index is 0.0694. The van der Waals surface area contributed by atoms with E-state index in [1.54, 1.807) is 19.0 Å². The Morgan fingerprint density at radius 3 is 2.56 bits per heavy atom. The molecule has 1 N–H and O–H groups in total. The fourth-order valence-electron chi connectivity index (χ4n) is 0.531. The first-order chi connectivity index (χ1) is 4.22. The molecule has 0 aliphatic heterocycles. The second kappa shape index (κ2) is 1.97. The molecular formula is C5H8N2O2. The molecule has 4 nitrogen and oxygen atoms in total. The van der Waals surface area contributed by atoms with Gasteiger partial charge in [-0.05, 0) is 5.16 Å². The van der Waals surface area contributed by atoms with Crippen molar-refractivity contribution in [2.24, 2.45) is 0 Å². The maximum absolute atomic E-state index is 8.87. The van der Waals surface area contributed by atoms with Crippen molar-refractivity contribution < 1.29 is 9.63 Å². The van der Waals surface area contributed by atoms with Crippen LogP contribution in [0.15, 0.2) is 10.8 Å². The Bertz CT molecular complexity index is 195. The van der Waals surface area contributed by atoms with Crippen molar-refractivity contribution in [1.29, 1.82) is 0 Å². The van der Waals surface area contributed by atoms with Gasteiger partial charge in [-0.2, -0.15) is 0 Å². The van der Waals surface area contributed by atoms with Gasteiger partial charge >= 0.3 is 0 Å². The van der Waals surface area contributed by atoms with Gasteiger partial charge in [0.25, 0.3) is 5.88 Å². The van der Waals surface area contributed by atoms with Gasteiger partial charge in [0, 0.05) is 14.1 Å². The second-order valence-corrected chi connectivity index (χ2v) is 1.92. The predicted molar refractivity (Wildman–Crippen MR) is 32.5 cm³/mol. The molecular weight excluding hydrogens is 120 g/mol. The van der Waals surface area contributed by atoms with Gasteiger partial charge in [0.1, 0.15) is 5.69 Å². The molecule has 1 heterocycles. The van der Waals surface area contributed by atoms with Gasteiger partial charge in [-0.1, -0.05) is 0 Å². The van der Waals surface area contributed by atoms with Crippen LogP contribution in [0.5, 0.6) is 5.88 Å². The lowest BCUT2D eigenvalue weighted by atomic mass is 10.5. The van der Waals surface area contributed by atoms with Crippen LogP contribution in [0.25, 0.3) is 0 Å². The molecule has 50 valence electrons. The summed E-state index contributed by atoms with van der Waals surface area (Å²) in [7, 11) is 3.60. The third-order valence-corrected chi connectivity index (χ3v) is 1.01. The van der Waals surface area contributed by atoms with E-state index in [4.69, 9.17) is 5.11 Å². The maximum Gasteiger partial charge on any atom is 0.275 e. The molecule has 1 rings (SSSR count). The molecule has 0 aromatic carbocycles. The molecule has 0 aliphatic rings. The fraction of sp³-hybridized carbons (Fsp3) is 0.400. The van der Waals surface area contributed by atoms with Gasteiger partial charge in [-0.15, -0.1) is 0 Å². The third kappa shape index (κ3) is 0.960. The Hall–Kier alpha value is -1.19. The van der Waals surface area contributed by atoms with E-state index < -0.39 is 0 Å². The molecule has 0 bridgehead atoms. The average Bonchev–Trinajstić information content (AvgIpc) is 2.13. The van der Waals surface area contributed by atoms with Crippen molar-refractivity contribution in [3.05, 3.63) is 6.26 Å². The number of hydrogen-bond donors (Lipinski definition) is 1. The topological polar surface area (TPSA) is 49.5 Å². The number of anilines is 1. The Balaban J connectivity index is 2.94. The van der Waals surface area contributed by atoms with Crippen LogP contribution in [0.3, 0.4) is 0 Å². The highest BCUT2D eigenvalue weighted by Crippen LogP contribution is 2.21. The van der Waals surface area contributed by atoms with Crippen LogP contribution in [0, 0.1) is 0 Å². The summed E-state index contributed by atoms with van der Waals surface area (Å²) in [6, 6.07) is 0. The predicted octanol–water partition coefficient (Wildman–Crippen LogP) is 0.446. The van der Waals surface area contributed by atoms with E-state index >= 15 is 0 Å². The third-order valence-electron chi connectivity index (χ3n) is 1.01. The molecule has 9 heavy (non-hydrogen) atoms. The minimum atomic E-state index is -0.0694. The smallest absolute Gasteiger partial charge is 0.275 e. The summed E-state index contributed by atoms with van der Waals surface area (Å²) in [4.78, 5) is 1.71. The molecule has 0 saturated carbocycles. The Labute approximate surface area is 52.7 Å². The van der Waals surface area contributed by atoms with Gasteiger partial charge in [0.05, 0.1) is 0 Å². The molecule has 0 atom stereocenters. The SMILES string of the molecule is CN(C)c1conc1O. The largest absolute Gasteiger partial charge is 0.490 e. The van der Waals surface area contributed by atoms with E-state index in [-0.39, 0.29) is 5.88 Å². The molecule has 0 spiro atoms. The summed E-state index contributed by atoms with van der Waals surface area (Å²) >= 11 is 0. The molecule has 0 amide bonds. The molecule has 1 aromatic rings. The van der Waals surface area contributed by atoms with E-state index in [2.05, 4.69) is 9.68 Å². The molecule has 1 aromatic heterocycles. The first-order valence-corrected chi connectivity index (χ1v) is 2.52. The van der Waals surface area contributed by atoms with Crippen LogP contribution in [0.1, 0.15) is 0 Å². The van der Waals surface area contributed by atoms with Crippen LogP contribution in [0.2, 0.25) is 0 Å². The summed E-state index contributed by atoms with van der Waals surface area (Å²) in [6.45, 7) is 0. The quantitative estimate of drug-likeness (QED) is 0.596. The van der Waals surface area contributed by atoms with Crippen LogP contribution in [-0.2, 0) is 0 Å². The number of hydrogen-bond acceptors (Lipinski definition) is 4. The van der Waals surface area contributed by atoms with Crippen molar-refractivity contribution >= 4 is 5.69 Å². The summed E-state index contributed by atoms with van der Waals surface area (Å²) in [5, 5.41) is 12.2. The summed E-state index contributed by atoms with van der Waals surface area (Å²) in [5.74, 6) is -0.0694. The molecule has 0 unspecified atom stereocenters. The highest BCUT2D eigenvalue weighted by atomic mass is 16.5. The molecule has 0 saturated heterocycles. The maximum atomic E-state index is 8.87. The van der Waals surface area contributed by atoms with Gasteiger partial charge in [-0.3, -0.25) is 0 Å². The second-order valence-electron chi connectivity index (χ2n) is 1.92.